The molecule has 5 nitrogen and oxygen atoms in total. The molecule has 0 N–H and O–H groups in total. The molecule has 6 heteroatoms. The second-order valence-electron chi connectivity index (χ2n) is 10.4. The lowest BCUT2D eigenvalue weighted by atomic mass is 9.86. The Morgan fingerprint density at radius 3 is 2.19 bits per heavy atom. The maximum absolute atomic E-state index is 13.7. The smallest absolute Gasteiger partial charge is 0.254 e. The van der Waals surface area contributed by atoms with Gasteiger partial charge in [-0.3, -0.25) is 9.59 Å². The number of hydrogen-bond acceptors (Lipinski definition) is 4. The highest BCUT2D eigenvalue weighted by Gasteiger charge is 2.24. The number of hydrogen-bond donors (Lipinski definition) is 0. The predicted octanol–water partition coefficient (Wildman–Crippen LogP) is 6.45. The van der Waals surface area contributed by atoms with Crippen LogP contribution >= 0.6 is 11.3 Å². The van der Waals surface area contributed by atoms with E-state index >= 15 is 0 Å². The van der Waals surface area contributed by atoms with E-state index in [2.05, 4.69) is 39.8 Å². The van der Waals surface area contributed by atoms with Crippen molar-refractivity contribution in [2.75, 3.05) is 26.3 Å². The summed E-state index contributed by atoms with van der Waals surface area (Å²) in [6.45, 7) is 13.2. The monoisotopic (exact) mass is 520 g/mol. The first kappa shape index (κ1) is 28.6. The molecule has 198 valence electrons. The molecule has 0 aliphatic rings. The highest BCUT2D eigenvalue weighted by Crippen LogP contribution is 2.23. The Morgan fingerprint density at radius 1 is 0.892 bits per heavy atom. The van der Waals surface area contributed by atoms with Crippen LogP contribution < -0.4 is 0 Å². The number of nitrogens with zero attached hydrogens (tertiary/aromatic N) is 2. The van der Waals surface area contributed by atoms with Crippen LogP contribution in [0.2, 0.25) is 0 Å². The summed E-state index contributed by atoms with van der Waals surface area (Å²) in [7, 11) is 0. The average Bonchev–Trinajstić information content (AvgIpc) is 3.29. The lowest BCUT2D eigenvalue weighted by Crippen LogP contribution is -2.43. The third kappa shape index (κ3) is 8.83. The number of carbonyl (C=O) groups is 2. The molecular formula is C31H40N2O3S. The third-order valence-corrected chi connectivity index (χ3v) is 7.23. The van der Waals surface area contributed by atoms with Crippen LogP contribution in [0.5, 0.6) is 0 Å². The lowest BCUT2D eigenvalue weighted by Gasteiger charge is -2.28. The Balaban J connectivity index is 1.80. The summed E-state index contributed by atoms with van der Waals surface area (Å²) < 4.78 is 5.50. The molecule has 0 bridgehead atoms. The minimum absolute atomic E-state index is 0.00675. The molecule has 0 aliphatic carbocycles. The van der Waals surface area contributed by atoms with Crippen LogP contribution in [0.25, 0.3) is 0 Å². The molecule has 2 amide bonds. The zero-order chi connectivity index (χ0) is 26.8. The molecule has 3 rings (SSSR count). The Labute approximate surface area is 226 Å². The second kappa shape index (κ2) is 13.5. The molecule has 0 saturated carbocycles. The number of thiophene rings is 1. The maximum Gasteiger partial charge on any atom is 0.254 e. The molecule has 0 spiro atoms. The lowest BCUT2D eigenvalue weighted by molar-refractivity contribution is -0.133. The van der Waals surface area contributed by atoms with Crippen LogP contribution in [0.3, 0.4) is 0 Å². The number of carbonyl (C=O) groups excluding carboxylic acids is 2. The van der Waals surface area contributed by atoms with Crippen molar-refractivity contribution < 1.29 is 14.3 Å². The zero-order valence-corrected chi connectivity index (χ0v) is 23.6. The molecular weight excluding hydrogens is 480 g/mol. The van der Waals surface area contributed by atoms with Gasteiger partial charge in [-0.15, -0.1) is 11.3 Å². The number of amides is 2. The van der Waals surface area contributed by atoms with Crippen molar-refractivity contribution in [3.05, 3.63) is 93.2 Å². The molecule has 0 fully saturated rings. The topological polar surface area (TPSA) is 49.9 Å². The van der Waals surface area contributed by atoms with E-state index in [1.165, 1.54) is 10.4 Å². The maximum atomic E-state index is 13.7. The van der Waals surface area contributed by atoms with Crippen LogP contribution in [0, 0.1) is 6.92 Å². The van der Waals surface area contributed by atoms with E-state index in [9.17, 15) is 9.59 Å². The van der Waals surface area contributed by atoms with E-state index in [0.29, 0.717) is 44.8 Å². The van der Waals surface area contributed by atoms with E-state index < -0.39 is 0 Å². The van der Waals surface area contributed by atoms with Crippen LogP contribution in [-0.4, -0.2) is 47.9 Å². The van der Waals surface area contributed by atoms with Crippen molar-refractivity contribution in [3.63, 3.8) is 0 Å². The van der Waals surface area contributed by atoms with Gasteiger partial charge < -0.3 is 14.5 Å². The van der Waals surface area contributed by atoms with Crippen LogP contribution in [-0.2, 0) is 28.0 Å². The summed E-state index contributed by atoms with van der Waals surface area (Å²) in [4.78, 5) is 33.1. The number of rotatable bonds is 12. The van der Waals surface area contributed by atoms with Gasteiger partial charge in [-0.1, -0.05) is 63.2 Å². The van der Waals surface area contributed by atoms with E-state index in [-0.39, 0.29) is 23.8 Å². The molecule has 3 aromatic rings. The van der Waals surface area contributed by atoms with E-state index in [4.69, 9.17) is 4.74 Å². The van der Waals surface area contributed by atoms with Gasteiger partial charge in [0.05, 0.1) is 6.54 Å². The zero-order valence-electron chi connectivity index (χ0n) is 22.8. The van der Waals surface area contributed by atoms with Crippen molar-refractivity contribution in [3.8, 4) is 0 Å². The Kier molecular flexibility index (Phi) is 10.5. The van der Waals surface area contributed by atoms with Crippen LogP contribution in [0.1, 0.15) is 65.4 Å². The number of benzene rings is 2. The van der Waals surface area contributed by atoms with Crippen LogP contribution in [0.4, 0.5) is 0 Å². The number of ether oxygens (including phenoxy) is 1. The van der Waals surface area contributed by atoms with Crippen molar-refractivity contribution in [2.45, 2.75) is 59.5 Å². The van der Waals surface area contributed by atoms with Gasteiger partial charge in [-0.05, 0) is 61.1 Å². The summed E-state index contributed by atoms with van der Waals surface area (Å²) in [6, 6.07) is 21.9. The standard InChI is InChI=1S/C31H40N2O3S/c1-6-36-20-10-19-32(30(35)26-14-16-27(17-15-26)31(3,4)5)23-29(34)33(21-25-11-8-7-9-12-25)22-28-18-13-24(2)37-28/h7-9,11-18H,6,10,19-23H2,1-5H3. The van der Waals surface area contributed by atoms with Crippen molar-refractivity contribution in [1.29, 1.82) is 0 Å². The van der Waals surface area contributed by atoms with Gasteiger partial charge in [-0.25, -0.2) is 0 Å². The first-order valence-corrected chi connectivity index (χ1v) is 13.8. The van der Waals surface area contributed by atoms with Gasteiger partial charge in [0.15, 0.2) is 0 Å². The summed E-state index contributed by atoms with van der Waals surface area (Å²) >= 11 is 1.70. The van der Waals surface area contributed by atoms with Crippen LogP contribution in [0.15, 0.2) is 66.7 Å². The summed E-state index contributed by atoms with van der Waals surface area (Å²) in [5, 5.41) is 0. The molecule has 0 atom stereocenters. The third-order valence-electron chi connectivity index (χ3n) is 6.24. The van der Waals surface area contributed by atoms with Gasteiger partial charge in [-0.2, -0.15) is 0 Å². The molecule has 1 aromatic heterocycles. The van der Waals surface area contributed by atoms with Crippen molar-refractivity contribution in [1.82, 2.24) is 9.80 Å². The fourth-order valence-electron chi connectivity index (χ4n) is 4.11. The van der Waals surface area contributed by atoms with E-state index in [1.54, 1.807) is 16.2 Å². The quantitative estimate of drug-likeness (QED) is 0.258. The summed E-state index contributed by atoms with van der Waals surface area (Å²) in [6.07, 6.45) is 0.676. The minimum Gasteiger partial charge on any atom is -0.382 e. The van der Waals surface area contributed by atoms with Gasteiger partial charge in [0.25, 0.3) is 5.91 Å². The molecule has 0 radical (unpaired) electrons. The number of aryl methyl sites for hydroxylation is 1. The van der Waals surface area contributed by atoms with Crippen molar-refractivity contribution in [2.24, 2.45) is 0 Å². The molecule has 1 heterocycles. The molecule has 2 aromatic carbocycles. The second-order valence-corrected chi connectivity index (χ2v) is 11.7. The highest BCUT2D eigenvalue weighted by molar-refractivity contribution is 7.11. The fraction of sp³-hybridized carbons (Fsp3) is 0.419. The van der Waals surface area contributed by atoms with Gasteiger partial charge in [0, 0.05) is 41.6 Å². The predicted molar refractivity (Wildman–Crippen MR) is 152 cm³/mol. The first-order valence-electron chi connectivity index (χ1n) is 13.0. The molecule has 0 saturated heterocycles. The minimum atomic E-state index is -0.128. The normalized spacial score (nSPS) is 11.4. The average molecular weight is 521 g/mol. The highest BCUT2D eigenvalue weighted by atomic mass is 32.1. The fourth-order valence-corrected chi connectivity index (χ4v) is 5.01. The van der Waals surface area contributed by atoms with Gasteiger partial charge in [0.2, 0.25) is 5.91 Å². The largest absolute Gasteiger partial charge is 0.382 e. The summed E-state index contributed by atoms with van der Waals surface area (Å²) in [5.74, 6) is -0.192. The molecule has 0 unspecified atom stereocenters. The van der Waals surface area contributed by atoms with E-state index in [1.807, 2.05) is 66.4 Å². The SMILES string of the molecule is CCOCCCN(CC(=O)N(Cc1ccccc1)Cc1ccc(C)s1)C(=O)c1ccc(C(C)(C)C)cc1. The van der Waals surface area contributed by atoms with E-state index in [0.717, 1.165) is 10.4 Å². The Bertz CT molecular complexity index is 1130. The Hall–Kier alpha value is -2.96. The van der Waals surface area contributed by atoms with Gasteiger partial charge >= 0.3 is 0 Å². The first-order chi connectivity index (χ1) is 17.7. The van der Waals surface area contributed by atoms with Crippen molar-refractivity contribution >= 4 is 23.2 Å². The van der Waals surface area contributed by atoms with Gasteiger partial charge in [0.1, 0.15) is 6.54 Å². The summed E-state index contributed by atoms with van der Waals surface area (Å²) in [5.41, 5.74) is 2.84. The molecule has 37 heavy (non-hydrogen) atoms. The Morgan fingerprint density at radius 2 is 1.59 bits per heavy atom. The molecule has 0 aliphatic heterocycles.